The molecule has 2 fully saturated rings. The molecule has 0 unspecified atom stereocenters. The molecular weight excluding hydrogens is 290 g/mol. The monoisotopic (exact) mass is 317 g/mol. The average Bonchev–Trinajstić information content (AvgIpc) is 3.08. The van der Waals surface area contributed by atoms with Gasteiger partial charge in [0.2, 0.25) is 0 Å². The highest BCUT2D eigenvalue weighted by molar-refractivity contribution is 5.40. The van der Waals surface area contributed by atoms with Gasteiger partial charge in [0.05, 0.1) is 11.8 Å². The number of fused-ring (bicyclic) bond motifs is 4. The van der Waals surface area contributed by atoms with Crippen LogP contribution in [0.1, 0.15) is 75.5 Å². The highest BCUT2D eigenvalue weighted by atomic mass is 16.5. The molecule has 0 saturated heterocycles. The Labute approximate surface area is 137 Å². The first kappa shape index (κ1) is 14.5. The first-order valence-corrected chi connectivity index (χ1v) is 9.30. The number of rotatable bonds is 0. The molecule has 0 aliphatic heterocycles. The normalized spacial score (nSPS) is 51.0. The van der Waals surface area contributed by atoms with E-state index in [0.29, 0.717) is 17.8 Å². The summed E-state index contributed by atoms with van der Waals surface area (Å²) in [6.45, 7) is 4.69. The molecule has 23 heavy (non-hydrogen) atoms. The van der Waals surface area contributed by atoms with Crippen LogP contribution >= 0.6 is 0 Å². The second-order valence-corrected chi connectivity index (χ2v) is 9.06. The molecule has 1 aromatic rings. The number of nitrogens with zero attached hydrogens (tertiary/aromatic N) is 1. The lowest BCUT2D eigenvalue weighted by molar-refractivity contribution is -0.0606. The van der Waals surface area contributed by atoms with Crippen molar-refractivity contribution in [2.45, 2.75) is 76.4 Å². The van der Waals surface area contributed by atoms with Crippen molar-refractivity contribution in [3.8, 4) is 0 Å². The van der Waals surface area contributed by atoms with E-state index in [9.17, 15) is 10.2 Å². The first-order chi connectivity index (χ1) is 10.9. The molecule has 0 spiro atoms. The van der Waals surface area contributed by atoms with E-state index in [2.05, 4.69) is 19.0 Å². The first-order valence-electron chi connectivity index (χ1n) is 9.30. The van der Waals surface area contributed by atoms with Crippen LogP contribution in [0.2, 0.25) is 0 Å². The van der Waals surface area contributed by atoms with Gasteiger partial charge in [0, 0.05) is 11.0 Å². The molecule has 1 heterocycles. The van der Waals surface area contributed by atoms with Crippen LogP contribution in [0, 0.1) is 23.2 Å². The summed E-state index contributed by atoms with van der Waals surface area (Å²) in [4.78, 5) is 0. The molecular formula is C19H27NO3. The molecule has 7 atom stereocenters. The van der Waals surface area contributed by atoms with Crippen molar-refractivity contribution in [3.05, 3.63) is 17.0 Å². The van der Waals surface area contributed by atoms with Crippen molar-refractivity contribution in [1.82, 2.24) is 5.16 Å². The maximum absolute atomic E-state index is 10.5. The van der Waals surface area contributed by atoms with E-state index in [1.165, 1.54) is 12.0 Å². The van der Waals surface area contributed by atoms with Crippen LogP contribution in [0.3, 0.4) is 0 Å². The largest absolute Gasteiger partial charge is 0.393 e. The van der Waals surface area contributed by atoms with Crippen molar-refractivity contribution < 1.29 is 14.7 Å². The lowest BCUT2D eigenvalue weighted by atomic mass is 9.48. The maximum atomic E-state index is 10.5. The van der Waals surface area contributed by atoms with E-state index in [0.717, 1.165) is 50.0 Å². The minimum absolute atomic E-state index is 0.0930. The smallest absolute Gasteiger partial charge is 0.169 e. The standard InChI is InChI=1S/C19H27NO3/c1-18-7-5-12-10(11(18)3-4-15(18)22)9-13-16-17(23-20-13)14(21)6-8-19(12,16)2/h10-12,14-15,21-22H,3-9H2,1-2H3/t10-,11-,12-,14-,15-,18-,19+/m0/s1. The Bertz CT molecular complexity index is 655. The van der Waals surface area contributed by atoms with E-state index < -0.39 is 6.10 Å². The number of aliphatic hydroxyl groups is 2. The summed E-state index contributed by atoms with van der Waals surface area (Å²) in [7, 11) is 0. The molecule has 4 nitrogen and oxygen atoms in total. The van der Waals surface area contributed by atoms with Gasteiger partial charge in [-0.25, -0.2) is 0 Å². The van der Waals surface area contributed by atoms with Crippen LogP contribution in [0.25, 0.3) is 0 Å². The third kappa shape index (κ3) is 1.62. The second-order valence-electron chi connectivity index (χ2n) is 9.06. The third-order valence-corrected chi connectivity index (χ3v) is 8.23. The molecule has 4 aliphatic rings. The molecule has 2 N–H and O–H groups in total. The number of hydrogen-bond acceptors (Lipinski definition) is 4. The average molecular weight is 317 g/mol. The maximum Gasteiger partial charge on any atom is 0.169 e. The van der Waals surface area contributed by atoms with Gasteiger partial charge in [-0.1, -0.05) is 19.0 Å². The van der Waals surface area contributed by atoms with Crippen molar-refractivity contribution in [2.75, 3.05) is 0 Å². The predicted octanol–water partition coefficient (Wildman–Crippen LogP) is 3.12. The zero-order valence-electron chi connectivity index (χ0n) is 14.1. The van der Waals surface area contributed by atoms with Crippen LogP contribution in [0.15, 0.2) is 4.52 Å². The van der Waals surface area contributed by atoms with Gasteiger partial charge in [-0.2, -0.15) is 0 Å². The molecule has 1 aromatic heterocycles. The summed E-state index contributed by atoms with van der Waals surface area (Å²) in [5.74, 6) is 2.60. The fourth-order valence-corrected chi connectivity index (χ4v) is 6.94. The molecule has 4 aliphatic carbocycles. The zero-order valence-corrected chi connectivity index (χ0v) is 14.1. The number of hydrogen-bond donors (Lipinski definition) is 2. The van der Waals surface area contributed by atoms with Crippen LogP contribution in [0.4, 0.5) is 0 Å². The Morgan fingerprint density at radius 1 is 1.04 bits per heavy atom. The van der Waals surface area contributed by atoms with Crippen molar-refractivity contribution in [3.63, 3.8) is 0 Å². The van der Waals surface area contributed by atoms with Gasteiger partial charge in [0.15, 0.2) is 5.76 Å². The highest BCUT2D eigenvalue weighted by Gasteiger charge is 2.60. The minimum atomic E-state index is -0.474. The molecule has 126 valence electrons. The van der Waals surface area contributed by atoms with Crippen molar-refractivity contribution >= 4 is 0 Å². The quantitative estimate of drug-likeness (QED) is 0.771. The topological polar surface area (TPSA) is 66.5 Å². The minimum Gasteiger partial charge on any atom is -0.393 e. The van der Waals surface area contributed by atoms with Crippen LogP contribution in [-0.4, -0.2) is 21.5 Å². The fraction of sp³-hybridized carbons (Fsp3) is 0.842. The summed E-state index contributed by atoms with van der Waals surface area (Å²) in [6, 6.07) is 0. The van der Waals surface area contributed by atoms with Crippen molar-refractivity contribution in [1.29, 1.82) is 0 Å². The lowest BCUT2D eigenvalue weighted by Gasteiger charge is -2.56. The third-order valence-electron chi connectivity index (χ3n) is 8.23. The molecule has 0 aromatic carbocycles. The number of aliphatic hydroxyl groups excluding tert-OH is 2. The van der Waals surface area contributed by atoms with E-state index in [1.54, 1.807) is 0 Å². The molecule has 5 rings (SSSR count). The predicted molar refractivity (Wildman–Crippen MR) is 84.8 cm³/mol. The summed E-state index contributed by atoms with van der Waals surface area (Å²) in [5, 5.41) is 25.2. The molecule has 0 radical (unpaired) electrons. The zero-order chi connectivity index (χ0) is 16.0. The summed E-state index contributed by atoms with van der Waals surface area (Å²) >= 11 is 0. The van der Waals surface area contributed by atoms with Crippen LogP contribution in [-0.2, 0) is 11.8 Å². The summed E-state index contributed by atoms with van der Waals surface area (Å²) < 4.78 is 5.58. The van der Waals surface area contributed by atoms with Gasteiger partial charge in [-0.15, -0.1) is 0 Å². The van der Waals surface area contributed by atoms with E-state index in [4.69, 9.17) is 4.52 Å². The second kappa shape index (κ2) is 4.40. The Hall–Kier alpha value is -0.870. The fourth-order valence-electron chi connectivity index (χ4n) is 6.94. The van der Waals surface area contributed by atoms with Gasteiger partial charge in [-0.3, -0.25) is 0 Å². The molecule has 2 saturated carbocycles. The molecule has 4 heteroatoms. The lowest BCUT2D eigenvalue weighted by Crippen LogP contribution is -2.53. The SMILES string of the molecule is C[C@]12CC[C@H]3[C@@H](Cc4noc5c4[C@]3(C)CC[C@@H]5O)[C@@H]1CC[C@@H]2O. The Morgan fingerprint density at radius 3 is 2.70 bits per heavy atom. The van der Waals surface area contributed by atoms with Crippen molar-refractivity contribution in [2.24, 2.45) is 23.2 Å². The van der Waals surface area contributed by atoms with Crippen LogP contribution in [0.5, 0.6) is 0 Å². The Balaban J connectivity index is 1.62. The molecule has 0 amide bonds. The van der Waals surface area contributed by atoms with Crippen LogP contribution < -0.4 is 0 Å². The van der Waals surface area contributed by atoms with Gasteiger partial charge in [0.1, 0.15) is 6.10 Å². The summed E-state index contributed by atoms with van der Waals surface area (Å²) in [5.41, 5.74) is 2.52. The Kier molecular flexibility index (Phi) is 2.77. The van der Waals surface area contributed by atoms with Gasteiger partial charge < -0.3 is 14.7 Å². The van der Waals surface area contributed by atoms with Gasteiger partial charge in [0.25, 0.3) is 0 Å². The van der Waals surface area contributed by atoms with E-state index in [1.807, 2.05) is 0 Å². The Morgan fingerprint density at radius 2 is 1.87 bits per heavy atom. The van der Waals surface area contributed by atoms with Gasteiger partial charge >= 0.3 is 0 Å². The molecule has 0 bridgehead atoms. The van der Waals surface area contributed by atoms with E-state index >= 15 is 0 Å². The number of aromatic nitrogens is 1. The van der Waals surface area contributed by atoms with E-state index in [-0.39, 0.29) is 16.9 Å². The highest BCUT2D eigenvalue weighted by Crippen LogP contribution is 2.64. The van der Waals surface area contributed by atoms with Gasteiger partial charge in [-0.05, 0) is 68.1 Å². The summed E-state index contributed by atoms with van der Waals surface area (Å²) in [6.07, 6.45) is 6.60.